The van der Waals surface area contributed by atoms with Gasteiger partial charge in [0.05, 0.1) is 0 Å². The maximum absolute atomic E-state index is 5.68. The molecule has 0 radical (unpaired) electrons. The van der Waals surface area contributed by atoms with E-state index in [2.05, 4.69) is 11.7 Å². The first-order valence-corrected chi connectivity index (χ1v) is 6.23. The Balaban J connectivity index is 3.10. The summed E-state index contributed by atoms with van der Waals surface area (Å²) in [5, 5.41) is 0. The highest BCUT2D eigenvalue weighted by atomic mass is 35.6. The maximum Gasteiger partial charge on any atom is 0.216 e. The molecule has 0 spiro atoms. The molecule has 72 valence electrons. The molecule has 2 N–H and O–H groups in total. The monoisotopic (exact) mass is 273 g/mol. The smallest absolute Gasteiger partial charge is 0.216 e. The fourth-order valence-electron chi connectivity index (χ4n) is 0.808. The van der Waals surface area contributed by atoms with Gasteiger partial charge in [0, 0.05) is 16.1 Å². The van der Waals surface area contributed by atoms with Crippen LogP contribution >= 0.6 is 57.3 Å². The van der Waals surface area contributed by atoms with Crippen LogP contribution in [-0.4, -0.2) is 0 Å². The molecule has 0 aliphatic carbocycles. The molecule has 0 saturated carbocycles. The average molecular weight is 275 g/mol. The molecule has 1 rings (SSSR count). The number of benzene rings is 1. The third-order valence-electron chi connectivity index (χ3n) is 1.44. The van der Waals surface area contributed by atoms with E-state index in [0.29, 0.717) is 11.3 Å². The quantitative estimate of drug-likeness (QED) is 0.350. The summed E-state index contributed by atoms with van der Waals surface area (Å²) in [6.45, 7) is 0. The van der Waals surface area contributed by atoms with E-state index in [1.807, 2.05) is 0 Å². The number of halogens is 3. The van der Waals surface area contributed by atoms with Gasteiger partial charge in [-0.2, -0.15) is 0 Å². The van der Waals surface area contributed by atoms with Gasteiger partial charge in [0.15, 0.2) is 0 Å². The molecule has 13 heavy (non-hydrogen) atoms. The lowest BCUT2D eigenvalue weighted by Crippen LogP contribution is -2.01. The largest absolute Gasteiger partial charge is 0.398 e. The predicted octanol–water partition coefficient (Wildman–Crippen LogP) is 4.03. The Hall–Kier alpha value is 0.590. The fraction of sp³-hybridized carbons (Fsp3) is 0.143. The van der Waals surface area contributed by atoms with Crippen molar-refractivity contribution in [2.45, 2.75) is 8.69 Å². The predicted molar refractivity (Wildman–Crippen MR) is 64.9 cm³/mol. The van der Waals surface area contributed by atoms with Crippen molar-refractivity contribution in [2.24, 2.45) is 0 Å². The van der Waals surface area contributed by atoms with Gasteiger partial charge in [-0.1, -0.05) is 51.7 Å². The van der Waals surface area contributed by atoms with E-state index < -0.39 is 3.79 Å². The van der Waals surface area contributed by atoms with Crippen molar-refractivity contribution in [1.29, 1.82) is 0 Å². The van der Waals surface area contributed by atoms with Crippen molar-refractivity contribution in [3.63, 3.8) is 0 Å². The summed E-state index contributed by atoms with van der Waals surface area (Å²) in [5.41, 5.74) is 6.80. The Morgan fingerprint density at radius 1 is 1.31 bits per heavy atom. The van der Waals surface area contributed by atoms with Crippen LogP contribution in [0.25, 0.3) is 0 Å². The molecule has 0 saturated heterocycles. The van der Waals surface area contributed by atoms with Gasteiger partial charge < -0.3 is 5.73 Å². The van der Waals surface area contributed by atoms with Crippen molar-refractivity contribution < 1.29 is 0 Å². The molecule has 0 aromatic heterocycles. The van der Waals surface area contributed by atoms with E-state index in [1.54, 1.807) is 18.2 Å². The molecule has 1 nitrogen and oxygen atoms in total. The molecule has 0 aliphatic heterocycles. The van der Waals surface area contributed by atoms with Gasteiger partial charge in [-0.3, -0.25) is 0 Å². The van der Waals surface area contributed by atoms with Gasteiger partial charge in [0.2, 0.25) is 3.79 Å². The second-order valence-electron chi connectivity index (χ2n) is 2.34. The number of nitrogen functional groups attached to an aromatic ring is 1. The summed E-state index contributed by atoms with van der Waals surface area (Å²) >= 11 is 21.1. The number of hydrogen-bond donors (Lipinski definition) is 2. The zero-order valence-corrected chi connectivity index (χ0v) is 10.3. The molecule has 0 unspecified atom stereocenters. The molecule has 0 bridgehead atoms. The normalized spacial score (nSPS) is 11.7. The number of nitrogens with two attached hydrogens (primary N) is 1. The van der Waals surface area contributed by atoms with E-state index in [0.717, 1.165) is 4.90 Å². The van der Waals surface area contributed by atoms with Crippen LogP contribution in [0.4, 0.5) is 5.69 Å². The SMILES string of the molecule is Nc1cc(C(Cl)(Cl)Cl)ccc1SS. The molecule has 0 aliphatic rings. The standard InChI is InChI=1S/C7H6Cl3NS2/c8-7(9,10)4-1-2-6(13-12)5(11)3-4/h1-3,12H,11H2. The molecule has 1 aromatic rings. The molecular weight excluding hydrogens is 269 g/mol. The summed E-state index contributed by atoms with van der Waals surface area (Å²) in [7, 11) is 1.25. The number of rotatable bonds is 1. The Labute approximate surface area is 101 Å². The number of alkyl halides is 3. The summed E-state index contributed by atoms with van der Waals surface area (Å²) in [6, 6.07) is 5.11. The third-order valence-corrected chi connectivity index (χ3v) is 3.25. The first-order chi connectivity index (χ1) is 5.95. The average Bonchev–Trinajstić information content (AvgIpc) is 2.02. The molecule has 0 atom stereocenters. The van der Waals surface area contributed by atoms with Crippen LogP contribution in [-0.2, 0) is 3.79 Å². The summed E-state index contributed by atoms with van der Waals surface area (Å²) < 4.78 is -1.42. The Kier molecular flexibility index (Phi) is 3.95. The van der Waals surface area contributed by atoms with Gasteiger partial charge in [0.1, 0.15) is 0 Å². The van der Waals surface area contributed by atoms with E-state index in [1.165, 1.54) is 10.8 Å². The van der Waals surface area contributed by atoms with Gasteiger partial charge >= 0.3 is 0 Å². The van der Waals surface area contributed by atoms with Crippen molar-refractivity contribution in [2.75, 3.05) is 5.73 Å². The molecule has 1 aromatic carbocycles. The second kappa shape index (κ2) is 4.41. The first kappa shape index (κ1) is 11.7. The minimum absolute atomic E-state index is 0.557. The molecule has 6 heteroatoms. The maximum atomic E-state index is 5.68. The Morgan fingerprint density at radius 3 is 2.31 bits per heavy atom. The summed E-state index contributed by atoms with van der Waals surface area (Å²) in [5.74, 6) is 0. The minimum atomic E-state index is -1.42. The van der Waals surface area contributed by atoms with Crippen LogP contribution in [0.15, 0.2) is 23.1 Å². The zero-order chi connectivity index (χ0) is 10.1. The molecule has 0 fully saturated rings. The van der Waals surface area contributed by atoms with Crippen LogP contribution < -0.4 is 5.73 Å². The van der Waals surface area contributed by atoms with Crippen molar-refractivity contribution in [1.82, 2.24) is 0 Å². The Bertz CT molecular complexity index is 311. The lowest BCUT2D eigenvalue weighted by atomic mass is 10.2. The van der Waals surface area contributed by atoms with Crippen LogP contribution in [0.5, 0.6) is 0 Å². The molecular formula is C7H6Cl3NS2. The number of anilines is 1. The summed E-state index contributed by atoms with van der Waals surface area (Å²) in [6.07, 6.45) is 0. The van der Waals surface area contributed by atoms with E-state index in [4.69, 9.17) is 40.5 Å². The third kappa shape index (κ3) is 3.03. The lowest BCUT2D eigenvalue weighted by molar-refractivity contribution is 1.22. The van der Waals surface area contributed by atoms with Crippen molar-refractivity contribution in [3.05, 3.63) is 23.8 Å². The minimum Gasteiger partial charge on any atom is -0.398 e. The fourth-order valence-corrected chi connectivity index (χ4v) is 1.95. The van der Waals surface area contributed by atoms with Crippen LogP contribution in [0.3, 0.4) is 0 Å². The molecule has 0 heterocycles. The van der Waals surface area contributed by atoms with E-state index in [-0.39, 0.29) is 0 Å². The molecule has 0 amide bonds. The van der Waals surface area contributed by atoms with Gasteiger partial charge in [-0.05, 0) is 12.1 Å². The van der Waals surface area contributed by atoms with Crippen molar-refractivity contribution >= 4 is 62.9 Å². The van der Waals surface area contributed by atoms with Gasteiger partial charge in [0.25, 0.3) is 0 Å². The second-order valence-corrected chi connectivity index (χ2v) is 5.79. The summed E-state index contributed by atoms with van der Waals surface area (Å²) in [4.78, 5) is 0.848. The Morgan fingerprint density at radius 2 is 1.92 bits per heavy atom. The van der Waals surface area contributed by atoms with E-state index in [9.17, 15) is 0 Å². The van der Waals surface area contributed by atoms with E-state index >= 15 is 0 Å². The lowest BCUT2D eigenvalue weighted by Gasteiger charge is -2.12. The zero-order valence-electron chi connectivity index (χ0n) is 6.30. The topological polar surface area (TPSA) is 26.0 Å². The van der Waals surface area contributed by atoms with Gasteiger partial charge in [-0.15, -0.1) is 11.7 Å². The number of thiol groups is 1. The van der Waals surface area contributed by atoms with Gasteiger partial charge in [-0.25, -0.2) is 0 Å². The highest BCUT2D eigenvalue weighted by Crippen LogP contribution is 2.40. The van der Waals surface area contributed by atoms with Crippen LogP contribution in [0.1, 0.15) is 5.56 Å². The number of hydrogen-bond acceptors (Lipinski definition) is 3. The van der Waals surface area contributed by atoms with Crippen LogP contribution in [0, 0.1) is 0 Å². The van der Waals surface area contributed by atoms with Crippen molar-refractivity contribution in [3.8, 4) is 0 Å². The highest BCUT2D eigenvalue weighted by Gasteiger charge is 2.23. The van der Waals surface area contributed by atoms with Crippen LogP contribution in [0.2, 0.25) is 0 Å². The first-order valence-electron chi connectivity index (χ1n) is 3.23. The highest BCUT2D eigenvalue weighted by molar-refractivity contribution is 8.68.